The van der Waals surface area contributed by atoms with E-state index in [0.717, 1.165) is 11.8 Å². The molecule has 0 bridgehead atoms. The van der Waals surface area contributed by atoms with Crippen molar-refractivity contribution in [2.75, 3.05) is 11.9 Å². The lowest BCUT2D eigenvalue weighted by Crippen LogP contribution is -2.18. The monoisotopic (exact) mass is 256 g/mol. The van der Waals surface area contributed by atoms with Crippen molar-refractivity contribution in [2.45, 2.75) is 20.0 Å². The van der Waals surface area contributed by atoms with Gasteiger partial charge in [0.1, 0.15) is 11.5 Å². The van der Waals surface area contributed by atoms with E-state index in [1.165, 1.54) is 6.07 Å². The Morgan fingerprint density at radius 3 is 2.44 bits per heavy atom. The fourth-order valence-electron chi connectivity index (χ4n) is 1.47. The third-order valence-electron chi connectivity index (χ3n) is 2.39. The first-order valence-electron chi connectivity index (χ1n) is 5.47. The van der Waals surface area contributed by atoms with Crippen molar-refractivity contribution in [3.8, 4) is 0 Å². The Hall–Kier alpha value is -1.78. The number of rotatable bonds is 3. The molecule has 98 valence electrons. The van der Waals surface area contributed by atoms with Crippen LogP contribution in [0.2, 0.25) is 0 Å². The summed E-state index contributed by atoms with van der Waals surface area (Å²) >= 11 is 0. The van der Waals surface area contributed by atoms with Gasteiger partial charge in [0.15, 0.2) is 0 Å². The Morgan fingerprint density at radius 1 is 1.28 bits per heavy atom. The van der Waals surface area contributed by atoms with E-state index in [1.807, 2.05) is 32.1 Å². The average Bonchev–Trinajstić information content (AvgIpc) is 2.34. The molecular weight excluding hydrogens is 241 g/mol. The largest absolute Gasteiger partial charge is 0.433 e. The molecule has 1 aromatic rings. The van der Waals surface area contributed by atoms with Gasteiger partial charge in [0, 0.05) is 12.7 Å². The molecule has 0 fully saturated rings. The smallest absolute Gasteiger partial charge is 0.330 e. The predicted octanol–water partition coefficient (Wildman–Crippen LogP) is 4.02. The summed E-state index contributed by atoms with van der Waals surface area (Å²) in [6, 6.07) is 3.86. The quantitative estimate of drug-likeness (QED) is 0.759. The minimum Gasteiger partial charge on any atom is -0.330 e. The third-order valence-corrected chi connectivity index (χ3v) is 2.39. The van der Waals surface area contributed by atoms with Crippen molar-refractivity contribution in [2.24, 2.45) is 0 Å². The van der Waals surface area contributed by atoms with E-state index in [2.05, 4.69) is 4.98 Å². The molecule has 0 atom stereocenters. The first-order chi connectivity index (χ1) is 8.40. The second-order valence-electron chi connectivity index (χ2n) is 3.65. The topological polar surface area (TPSA) is 16.1 Å². The maximum absolute atomic E-state index is 12.6. The summed E-state index contributed by atoms with van der Waals surface area (Å²) < 4.78 is 37.7. The van der Waals surface area contributed by atoms with Crippen LogP contribution in [-0.2, 0) is 6.18 Å². The zero-order valence-corrected chi connectivity index (χ0v) is 10.5. The molecule has 0 saturated carbocycles. The molecule has 0 saturated heterocycles. The van der Waals surface area contributed by atoms with Gasteiger partial charge in [-0.3, -0.25) is 0 Å². The van der Waals surface area contributed by atoms with Crippen LogP contribution < -0.4 is 4.90 Å². The molecule has 0 spiro atoms. The highest BCUT2D eigenvalue weighted by Gasteiger charge is 2.32. The van der Waals surface area contributed by atoms with Crippen molar-refractivity contribution in [1.29, 1.82) is 0 Å². The highest BCUT2D eigenvalue weighted by atomic mass is 19.4. The molecule has 18 heavy (non-hydrogen) atoms. The van der Waals surface area contributed by atoms with Gasteiger partial charge in [0.25, 0.3) is 0 Å². The SMILES string of the molecule is C/C=C(/C=C/C)N(C)c1cccc(C(F)(F)F)n1. The normalized spacial score (nSPS) is 13.1. The van der Waals surface area contributed by atoms with Gasteiger partial charge >= 0.3 is 6.18 Å². The Kier molecular flexibility index (Phi) is 4.53. The first kappa shape index (κ1) is 14.3. The fraction of sp³-hybridized carbons (Fsp3) is 0.308. The van der Waals surface area contributed by atoms with Crippen LogP contribution in [0.3, 0.4) is 0 Å². The molecule has 0 aliphatic heterocycles. The molecule has 0 aliphatic carbocycles. The summed E-state index contributed by atoms with van der Waals surface area (Å²) in [5, 5.41) is 0. The Balaban J connectivity index is 3.11. The predicted molar refractivity (Wildman–Crippen MR) is 66.2 cm³/mol. The van der Waals surface area contributed by atoms with Crippen LogP contribution in [0.25, 0.3) is 0 Å². The van der Waals surface area contributed by atoms with Crippen molar-refractivity contribution >= 4 is 5.82 Å². The van der Waals surface area contributed by atoms with E-state index < -0.39 is 11.9 Å². The second kappa shape index (κ2) is 5.71. The Labute approximate surface area is 104 Å². The number of hydrogen-bond donors (Lipinski definition) is 0. The van der Waals surface area contributed by atoms with E-state index in [9.17, 15) is 13.2 Å². The van der Waals surface area contributed by atoms with Gasteiger partial charge in [-0.25, -0.2) is 4.98 Å². The maximum Gasteiger partial charge on any atom is 0.433 e. The van der Waals surface area contributed by atoms with E-state index in [-0.39, 0.29) is 5.82 Å². The van der Waals surface area contributed by atoms with E-state index in [4.69, 9.17) is 0 Å². The van der Waals surface area contributed by atoms with E-state index >= 15 is 0 Å². The molecule has 1 heterocycles. The molecule has 0 aromatic carbocycles. The van der Waals surface area contributed by atoms with Gasteiger partial charge in [-0.2, -0.15) is 13.2 Å². The zero-order valence-electron chi connectivity index (χ0n) is 10.5. The molecule has 0 amide bonds. The molecule has 0 aliphatic rings. The highest BCUT2D eigenvalue weighted by molar-refractivity contribution is 5.48. The van der Waals surface area contributed by atoms with Crippen LogP contribution in [0.5, 0.6) is 0 Å². The molecule has 0 unspecified atom stereocenters. The summed E-state index contributed by atoms with van der Waals surface area (Å²) in [6.07, 6.45) is 1.01. The van der Waals surface area contributed by atoms with Crippen LogP contribution in [0.15, 0.2) is 42.1 Å². The first-order valence-corrected chi connectivity index (χ1v) is 5.47. The zero-order chi connectivity index (χ0) is 13.8. The molecule has 0 radical (unpaired) electrons. The van der Waals surface area contributed by atoms with Crippen LogP contribution in [0.1, 0.15) is 19.5 Å². The van der Waals surface area contributed by atoms with Crippen LogP contribution in [0.4, 0.5) is 19.0 Å². The number of alkyl halides is 3. The third kappa shape index (κ3) is 3.35. The van der Waals surface area contributed by atoms with Crippen LogP contribution in [0, 0.1) is 0 Å². The minimum absolute atomic E-state index is 0.260. The van der Waals surface area contributed by atoms with Gasteiger partial charge < -0.3 is 4.90 Å². The van der Waals surface area contributed by atoms with Gasteiger partial charge in [-0.05, 0) is 32.1 Å². The van der Waals surface area contributed by atoms with Crippen molar-refractivity contribution in [3.63, 3.8) is 0 Å². The number of nitrogens with zero attached hydrogens (tertiary/aromatic N) is 2. The van der Waals surface area contributed by atoms with E-state index in [1.54, 1.807) is 18.0 Å². The molecule has 2 nitrogen and oxygen atoms in total. The highest BCUT2D eigenvalue weighted by Crippen LogP contribution is 2.29. The number of aromatic nitrogens is 1. The summed E-state index contributed by atoms with van der Waals surface area (Å²) in [6.45, 7) is 3.66. The lowest BCUT2D eigenvalue weighted by molar-refractivity contribution is -0.141. The summed E-state index contributed by atoms with van der Waals surface area (Å²) in [7, 11) is 1.68. The average molecular weight is 256 g/mol. The number of likely N-dealkylation sites (N-methyl/N-ethyl adjacent to an activating group) is 1. The molecule has 1 rings (SSSR count). The fourth-order valence-corrected chi connectivity index (χ4v) is 1.47. The summed E-state index contributed by atoms with van der Waals surface area (Å²) in [4.78, 5) is 5.23. The number of anilines is 1. The maximum atomic E-state index is 12.6. The van der Waals surface area contributed by atoms with Crippen LogP contribution in [-0.4, -0.2) is 12.0 Å². The van der Waals surface area contributed by atoms with Gasteiger partial charge in [0.05, 0.1) is 0 Å². The standard InChI is InChI=1S/C13H15F3N2/c1-4-7-10(5-2)18(3)12-9-6-8-11(17-12)13(14,15)16/h4-9H,1-3H3/b7-4+,10-5-. The van der Waals surface area contributed by atoms with Gasteiger partial charge in [0.2, 0.25) is 0 Å². The van der Waals surface area contributed by atoms with Gasteiger partial charge in [-0.1, -0.05) is 18.2 Å². The van der Waals surface area contributed by atoms with Crippen molar-refractivity contribution < 1.29 is 13.2 Å². The summed E-state index contributed by atoms with van der Waals surface area (Å²) in [5.41, 5.74) is -0.105. The molecular formula is C13H15F3N2. The van der Waals surface area contributed by atoms with Crippen molar-refractivity contribution in [1.82, 2.24) is 4.98 Å². The van der Waals surface area contributed by atoms with E-state index in [0.29, 0.717) is 0 Å². The lowest BCUT2D eigenvalue weighted by Gasteiger charge is -2.20. The second-order valence-corrected chi connectivity index (χ2v) is 3.65. The Bertz CT molecular complexity index is 462. The summed E-state index contributed by atoms with van der Waals surface area (Å²) in [5.74, 6) is 0.260. The lowest BCUT2D eigenvalue weighted by atomic mass is 10.3. The van der Waals surface area contributed by atoms with Crippen LogP contribution >= 0.6 is 0 Å². The molecule has 0 N–H and O–H groups in total. The Morgan fingerprint density at radius 2 is 1.94 bits per heavy atom. The number of allylic oxidation sites excluding steroid dienone is 3. The number of hydrogen-bond acceptors (Lipinski definition) is 2. The van der Waals surface area contributed by atoms with Gasteiger partial charge in [-0.15, -0.1) is 0 Å². The van der Waals surface area contributed by atoms with Crippen molar-refractivity contribution in [3.05, 3.63) is 47.8 Å². The minimum atomic E-state index is -4.42. The molecule has 1 aromatic heterocycles. The number of halogens is 3. The number of pyridine rings is 1. The molecule has 5 heteroatoms.